The second-order valence-corrected chi connectivity index (χ2v) is 14.8. The van der Waals surface area contributed by atoms with Crippen LogP contribution in [0.5, 0.6) is 0 Å². The fourth-order valence-corrected chi connectivity index (χ4v) is 6.48. The Morgan fingerprint density at radius 2 is 0.796 bits per heavy atom. The molecule has 0 fully saturated rings. The Hall–Kier alpha value is -1.39. The number of nitrogens with one attached hydrogen (secondary N) is 1. The van der Waals surface area contributed by atoms with Crippen molar-refractivity contribution in [1.82, 2.24) is 5.32 Å². The van der Waals surface area contributed by atoms with Gasteiger partial charge in [0.05, 0.1) is 18.8 Å². The van der Waals surface area contributed by atoms with Crippen LogP contribution in [-0.2, 0) is 4.79 Å². The van der Waals surface area contributed by atoms with Gasteiger partial charge in [0.15, 0.2) is 0 Å². The van der Waals surface area contributed by atoms with Crippen LogP contribution in [0.1, 0.15) is 226 Å². The smallest absolute Gasteiger partial charge is 0.220 e. The SMILES string of the molecule is CCCCCCCC/C=C/CC/C=C/C(O)C(CO)NC(=O)CCCCCCCCCCCCCCC/C=C\CCCCCCCCCC. The molecule has 0 bridgehead atoms. The summed E-state index contributed by atoms with van der Waals surface area (Å²) in [6.45, 7) is 4.28. The van der Waals surface area contributed by atoms with E-state index in [-0.39, 0.29) is 12.5 Å². The molecule has 0 aromatic rings. The van der Waals surface area contributed by atoms with Crippen molar-refractivity contribution < 1.29 is 15.0 Å². The number of hydrogen-bond acceptors (Lipinski definition) is 3. The van der Waals surface area contributed by atoms with Gasteiger partial charge in [0.25, 0.3) is 0 Å². The molecule has 0 aromatic carbocycles. The molecule has 4 nitrogen and oxygen atoms in total. The molecule has 2 unspecified atom stereocenters. The number of unbranched alkanes of at least 4 members (excludes halogenated alkanes) is 28. The first kappa shape index (κ1) is 47.6. The van der Waals surface area contributed by atoms with Crippen molar-refractivity contribution in [2.45, 2.75) is 238 Å². The molecule has 3 N–H and O–H groups in total. The second-order valence-electron chi connectivity index (χ2n) is 14.8. The van der Waals surface area contributed by atoms with E-state index in [4.69, 9.17) is 0 Å². The third-order valence-electron chi connectivity index (χ3n) is 9.85. The first-order chi connectivity index (χ1) is 24.2. The largest absolute Gasteiger partial charge is 0.394 e. The van der Waals surface area contributed by atoms with Crippen LogP contribution in [0.15, 0.2) is 36.5 Å². The van der Waals surface area contributed by atoms with Gasteiger partial charge in [0.1, 0.15) is 0 Å². The maximum absolute atomic E-state index is 12.4. The van der Waals surface area contributed by atoms with Crippen molar-refractivity contribution in [3.63, 3.8) is 0 Å². The number of carbonyl (C=O) groups excluding carboxylic acids is 1. The summed E-state index contributed by atoms with van der Waals surface area (Å²) >= 11 is 0. The van der Waals surface area contributed by atoms with E-state index in [1.54, 1.807) is 6.08 Å². The van der Waals surface area contributed by atoms with Crippen molar-refractivity contribution in [3.8, 4) is 0 Å². The molecule has 0 aliphatic heterocycles. The molecule has 0 aromatic heterocycles. The lowest BCUT2D eigenvalue weighted by atomic mass is 10.0. The highest BCUT2D eigenvalue weighted by molar-refractivity contribution is 5.76. The molecular formula is C45H85NO3. The lowest BCUT2D eigenvalue weighted by Crippen LogP contribution is -2.45. The predicted molar refractivity (Wildman–Crippen MR) is 216 cm³/mol. The molecular weight excluding hydrogens is 602 g/mol. The molecule has 0 spiro atoms. The molecule has 0 aliphatic rings. The van der Waals surface area contributed by atoms with Gasteiger partial charge in [-0.15, -0.1) is 0 Å². The number of carbonyl (C=O) groups is 1. The zero-order chi connectivity index (χ0) is 35.7. The fourth-order valence-electron chi connectivity index (χ4n) is 6.48. The number of amides is 1. The van der Waals surface area contributed by atoms with Gasteiger partial charge in [-0.25, -0.2) is 0 Å². The van der Waals surface area contributed by atoms with Crippen LogP contribution in [-0.4, -0.2) is 34.9 Å². The van der Waals surface area contributed by atoms with Crippen LogP contribution in [0.4, 0.5) is 0 Å². The van der Waals surface area contributed by atoms with Gasteiger partial charge in [-0.1, -0.05) is 198 Å². The number of allylic oxidation sites excluding steroid dienone is 5. The summed E-state index contributed by atoms with van der Waals surface area (Å²) in [5.41, 5.74) is 0. The van der Waals surface area contributed by atoms with Gasteiger partial charge < -0.3 is 15.5 Å². The topological polar surface area (TPSA) is 69.6 Å². The third-order valence-corrected chi connectivity index (χ3v) is 9.85. The Bertz CT molecular complexity index is 746. The average molecular weight is 688 g/mol. The first-order valence-corrected chi connectivity index (χ1v) is 21.7. The lowest BCUT2D eigenvalue weighted by Gasteiger charge is -2.19. The third kappa shape index (κ3) is 37.7. The summed E-state index contributed by atoms with van der Waals surface area (Å²) < 4.78 is 0. The van der Waals surface area contributed by atoms with Crippen molar-refractivity contribution >= 4 is 5.91 Å². The lowest BCUT2D eigenvalue weighted by molar-refractivity contribution is -0.123. The molecule has 0 heterocycles. The molecule has 4 heteroatoms. The Morgan fingerprint density at radius 3 is 1.18 bits per heavy atom. The van der Waals surface area contributed by atoms with Gasteiger partial charge >= 0.3 is 0 Å². The van der Waals surface area contributed by atoms with E-state index in [1.807, 2.05) is 6.08 Å². The van der Waals surface area contributed by atoms with Gasteiger partial charge in [0, 0.05) is 6.42 Å². The summed E-state index contributed by atoms with van der Waals surface area (Å²) in [5.74, 6) is -0.0744. The monoisotopic (exact) mass is 688 g/mol. The average Bonchev–Trinajstić information content (AvgIpc) is 3.10. The van der Waals surface area contributed by atoms with Crippen molar-refractivity contribution in [1.29, 1.82) is 0 Å². The Kier molecular flexibility index (Phi) is 39.9. The molecule has 0 aliphatic carbocycles. The molecule has 0 saturated heterocycles. The van der Waals surface area contributed by atoms with E-state index in [1.165, 1.54) is 173 Å². The van der Waals surface area contributed by atoms with Crippen LogP contribution in [0.25, 0.3) is 0 Å². The van der Waals surface area contributed by atoms with Crippen molar-refractivity contribution in [3.05, 3.63) is 36.5 Å². The highest BCUT2D eigenvalue weighted by Gasteiger charge is 2.17. The predicted octanol–water partition coefficient (Wildman–Crippen LogP) is 13.4. The standard InChI is InChI=1S/C45H85NO3/c1-3-5-7-9-11-13-15-17-18-19-20-21-22-23-24-25-26-27-28-29-31-33-35-37-39-41-45(49)46-43(42-47)44(48)40-38-36-34-32-30-16-14-12-10-8-6-4-2/h19-20,30,32,38,40,43-44,47-48H,3-18,21-29,31,33-37,39,41-42H2,1-2H3,(H,46,49)/b20-19-,32-30+,40-38+. The van der Waals surface area contributed by atoms with E-state index < -0.39 is 12.1 Å². The Morgan fingerprint density at radius 1 is 0.469 bits per heavy atom. The van der Waals surface area contributed by atoms with Gasteiger partial charge in [-0.05, 0) is 57.8 Å². The van der Waals surface area contributed by atoms with Gasteiger partial charge in [-0.2, -0.15) is 0 Å². The summed E-state index contributed by atoms with van der Waals surface area (Å²) in [7, 11) is 0. The summed E-state index contributed by atoms with van der Waals surface area (Å²) in [6.07, 6.45) is 54.0. The van der Waals surface area contributed by atoms with Gasteiger partial charge in [-0.3, -0.25) is 4.79 Å². The molecule has 0 saturated carbocycles. The van der Waals surface area contributed by atoms with E-state index in [9.17, 15) is 15.0 Å². The minimum Gasteiger partial charge on any atom is -0.394 e. The zero-order valence-electron chi connectivity index (χ0n) is 33.0. The Balaban J connectivity index is 3.53. The summed E-state index contributed by atoms with van der Waals surface area (Å²) in [5, 5.41) is 22.9. The minimum absolute atomic E-state index is 0.0744. The number of aliphatic hydroxyl groups is 2. The highest BCUT2D eigenvalue weighted by atomic mass is 16.3. The number of hydrogen-bond donors (Lipinski definition) is 3. The molecule has 2 atom stereocenters. The van der Waals surface area contributed by atoms with E-state index in [0.717, 1.165) is 32.1 Å². The molecule has 0 rings (SSSR count). The maximum Gasteiger partial charge on any atom is 0.220 e. The van der Waals surface area contributed by atoms with E-state index in [0.29, 0.717) is 6.42 Å². The Labute approximate surface area is 306 Å². The maximum atomic E-state index is 12.4. The molecule has 0 radical (unpaired) electrons. The molecule has 1 amide bonds. The minimum atomic E-state index is -0.859. The highest BCUT2D eigenvalue weighted by Crippen LogP contribution is 2.15. The first-order valence-electron chi connectivity index (χ1n) is 21.7. The van der Waals surface area contributed by atoms with Gasteiger partial charge in [0.2, 0.25) is 5.91 Å². The quantitative estimate of drug-likeness (QED) is 0.0445. The van der Waals surface area contributed by atoms with E-state index >= 15 is 0 Å². The molecule has 49 heavy (non-hydrogen) atoms. The number of rotatable bonds is 39. The summed E-state index contributed by atoms with van der Waals surface area (Å²) in [6, 6.07) is -0.636. The van der Waals surface area contributed by atoms with Crippen molar-refractivity contribution in [2.75, 3.05) is 6.61 Å². The fraction of sp³-hybridized carbons (Fsp3) is 0.844. The zero-order valence-corrected chi connectivity index (χ0v) is 33.0. The molecule has 288 valence electrons. The van der Waals surface area contributed by atoms with Crippen LogP contribution in [0.3, 0.4) is 0 Å². The normalized spacial score (nSPS) is 13.3. The van der Waals surface area contributed by atoms with Crippen LogP contribution in [0, 0.1) is 0 Å². The van der Waals surface area contributed by atoms with Crippen LogP contribution >= 0.6 is 0 Å². The summed E-state index contributed by atoms with van der Waals surface area (Å²) in [4.78, 5) is 12.4. The van der Waals surface area contributed by atoms with Crippen molar-refractivity contribution in [2.24, 2.45) is 0 Å². The van der Waals surface area contributed by atoms with E-state index in [2.05, 4.69) is 43.5 Å². The van der Waals surface area contributed by atoms with Crippen LogP contribution < -0.4 is 5.32 Å². The van der Waals surface area contributed by atoms with Crippen LogP contribution in [0.2, 0.25) is 0 Å². The number of aliphatic hydroxyl groups excluding tert-OH is 2. The second kappa shape index (κ2) is 41.0.